The molecule has 21 heavy (non-hydrogen) atoms. The van der Waals surface area contributed by atoms with Crippen molar-refractivity contribution in [3.05, 3.63) is 55.4 Å². The number of thiophene rings is 1. The number of methoxy groups -OCH3 is 1. The van der Waals surface area contributed by atoms with Crippen LogP contribution in [-0.2, 0) is 6.42 Å². The number of fused-ring (bicyclic) bond motifs is 1. The first-order valence-corrected chi connectivity index (χ1v) is 8.05. The standard InChI is InChI=1S/C15H13BrN2O2S/c1-8-7-21-15-13(8)14(19)17-12(18-15)6-9-3-4-11(20-2)10(16)5-9/h3-5,7H,6H2,1-2H3,(H,17,18,19). The summed E-state index contributed by atoms with van der Waals surface area (Å²) in [6.45, 7) is 1.93. The zero-order valence-corrected chi connectivity index (χ0v) is 14.0. The van der Waals surface area contributed by atoms with Gasteiger partial charge in [-0.2, -0.15) is 0 Å². The van der Waals surface area contributed by atoms with E-state index >= 15 is 0 Å². The van der Waals surface area contributed by atoms with Crippen molar-refractivity contribution in [1.29, 1.82) is 0 Å². The van der Waals surface area contributed by atoms with Crippen LogP contribution in [0.1, 0.15) is 17.0 Å². The lowest BCUT2D eigenvalue weighted by molar-refractivity contribution is 0.412. The molecule has 0 aliphatic carbocycles. The van der Waals surface area contributed by atoms with Crippen LogP contribution in [0.15, 0.2) is 32.8 Å². The summed E-state index contributed by atoms with van der Waals surface area (Å²) in [6.07, 6.45) is 0.574. The van der Waals surface area contributed by atoms with Crippen LogP contribution in [0, 0.1) is 6.92 Å². The second kappa shape index (κ2) is 5.61. The fraction of sp³-hybridized carbons (Fsp3) is 0.200. The number of nitrogens with one attached hydrogen (secondary N) is 1. The maximum Gasteiger partial charge on any atom is 0.259 e. The molecule has 3 aromatic rings. The molecular formula is C15H13BrN2O2S. The molecule has 0 atom stereocenters. The van der Waals surface area contributed by atoms with E-state index in [-0.39, 0.29) is 5.56 Å². The molecule has 0 saturated heterocycles. The highest BCUT2D eigenvalue weighted by Gasteiger charge is 2.09. The van der Waals surface area contributed by atoms with Crippen molar-refractivity contribution in [3.63, 3.8) is 0 Å². The monoisotopic (exact) mass is 364 g/mol. The Morgan fingerprint density at radius 3 is 2.95 bits per heavy atom. The van der Waals surface area contributed by atoms with E-state index in [1.807, 2.05) is 30.5 Å². The van der Waals surface area contributed by atoms with Crippen LogP contribution >= 0.6 is 27.3 Å². The van der Waals surface area contributed by atoms with Crippen molar-refractivity contribution >= 4 is 37.5 Å². The molecule has 0 bridgehead atoms. The second-order valence-electron chi connectivity index (χ2n) is 4.76. The van der Waals surface area contributed by atoms with Crippen LogP contribution in [0.2, 0.25) is 0 Å². The summed E-state index contributed by atoms with van der Waals surface area (Å²) in [5.74, 6) is 1.45. The Morgan fingerprint density at radius 2 is 2.24 bits per heavy atom. The second-order valence-corrected chi connectivity index (χ2v) is 6.47. The topological polar surface area (TPSA) is 55.0 Å². The first-order valence-electron chi connectivity index (χ1n) is 6.38. The molecule has 0 saturated carbocycles. The van der Waals surface area contributed by atoms with E-state index < -0.39 is 0 Å². The van der Waals surface area contributed by atoms with Gasteiger partial charge in [-0.15, -0.1) is 11.3 Å². The van der Waals surface area contributed by atoms with Gasteiger partial charge in [0.1, 0.15) is 16.4 Å². The molecule has 2 aromatic heterocycles. The maximum atomic E-state index is 12.1. The van der Waals surface area contributed by atoms with E-state index in [0.29, 0.717) is 17.6 Å². The highest BCUT2D eigenvalue weighted by Crippen LogP contribution is 2.26. The number of rotatable bonds is 3. The van der Waals surface area contributed by atoms with Crippen molar-refractivity contribution in [3.8, 4) is 5.75 Å². The largest absolute Gasteiger partial charge is 0.496 e. The van der Waals surface area contributed by atoms with Gasteiger partial charge in [-0.3, -0.25) is 4.79 Å². The van der Waals surface area contributed by atoms with E-state index in [0.717, 1.165) is 26.2 Å². The van der Waals surface area contributed by atoms with E-state index in [9.17, 15) is 4.79 Å². The summed E-state index contributed by atoms with van der Waals surface area (Å²) in [5.41, 5.74) is 1.96. The number of H-pyrrole nitrogens is 1. The number of nitrogens with zero attached hydrogens (tertiary/aromatic N) is 1. The number of hydrogen-bond donors (Lipinski definition) is 1. The Morgan fingerprint density at radius 1 is 1.43 bits per heavy atom. The zero-order chi connectivity index (χ0) is 15.0. The Labute approximate surface area is 133 Å². The summed E-state index contributed by atoms with van der Waals surface area (Å²) >= 11 is 4.96. The summed E-state index contributed by atoms with van der Waals surface area (Å²) in [5, 5.41) is 2.65. The Kier molecular flexibility index (Phi) is 3.82. The molecule has 3 rings (SSSR count). The van der Waals surface area contributed by atoms with Gasteiger partial charge in [0.15, 0.2) is 0 Å². The average Bonchev–Trinajstić information content (AvgIpc) is 2.81. The molecule has 4 nitrogen and oxygen atoms in total. The van der Waals surface area contributed by atoms with Crippen molar-refractivity contribution in [2.45, 2.75) is 13.3 Å². The molecule has 6 heteroatoms. The van der Waals surface area contributed by atoms with Crippen molar-refractivity contribution < 1.29 is 4.74 Å². The van der Waals surface area contributed by atoms with Gasteiger partial charge in [0.25, 0.3) is 5.56 Å². The fourth-order valence-electron chi connectivity index (χ4n) is 2.23. The SMILES string of the molecule is COc1ccc(Cc2nc3scc(C)c3c(=O)[nH]2)cc1Br. The zero-order valence-electron chi connectivity index (χ0n) is 11.6. The van der Waals surface area contributed by atoms with Crippen molar-refractivity contribution in [1.82, 2.24) is 9.97 Å². The van der Waals surface area contributed by atoms with E-state index in [2.05, 4.69) is 25.9 Å². The molecule has 0 radical (unpaired) electrons. The molecule has 0 amide bonds. The lowest BCUT2D eigenvalue weighted by Crippen LogP contribution is -2.11. The molecule has 108 valence electrons. The number of ether oxygens (including phenoxy) is 1. The van der Waals surface area contributed by atoms with Gasteiger partial charge in [0.05, 0.1) is 17.0 Å². The molecule has 0 aliphatic heterocycles. The van der Waals surface area contributed by atoms with Gasteiger partial charge in [-0.25, -0.2) is 4.98 Å². The quantitative estimate of drug-likeness (QED) is 0.771. The Balaban J connectivity index is 1.98. The number of aryl methyl sites for hydroxylation is 1. The molecule has 0 unspecified atom stereocenters. The van der Waals surface area contributed by atoms with Crippen LogP contribution in [0.3, 0.4) is 0 Å². The van der Waals surface area contributed by atoms with Gasteiger partial charge in [-0.05, 0) is 51.5 Å². The van der Waals surface area contributed by atoms with E-state index in [1.165, 1.54) is 11.3 Å². The highest BCUT2D eigenvalue weighted by atomic mass is 79.9. The van der Waals surface area contributed by atoms with Gasteiger partial charge in [0.2, 0.25) is 0 Å². The Bertz CT molecular complexity index is 870. The highest BCUT2D eigenvalue weighted by molar-refractivity contribution is 9.10. The molecule has 1 aromatic carbocycles. The molecule has 2 heterocycles. The number of benzene rings is 1. The molecule has 0 fully saturated rings. The number of aromatic amines is 1. The van der Waals surface area contributed by atoms with Crippen molar-refractivity contribution in [2.75, 3.05) is 7.11 Å². The minimum atomic E-state index is -0.0682. The van der Waals surface area contributed by atoms with E-state index in [4.69, 9.17) is 4.74 Å². The number of aromatic nitrogens is 2. The minimum absolute atomic E-state index is 0.0682. The van der Waals surface area contributed by atoms with Gasteiger partial charge in [0, 0.05) is 6.42 Å². The first kappa shape index (κ1) is 14.3. The number of halogens is 1. The lowest BCUT2D eigenvalue weighted by Gasteiger charge is -2.06. The van der Waals surface area contributed by atoms with Crippen LogP contribution in [0.25, 0.3) is 10.2 Å². The average molecular weight is 365 g/mol. The molecule has 1 N–H and O–H groups in total. The maximum absolute atomic E-state index is 12.1. The van der Waals surface area contributed by atoms with Gasteiger partial charge >= 0.3 is 0 Å². The normalized spacial score (nSPS) is 11.0. The fourth-order valence-corrected chi connectivity index (χ4v) is 3.76. The summed E-state index contributed by atoms with van der Waals surface area (Å²) in [7, 11) is 1.63. The van der Waals surface area contributed by atoms with Crippen LogP contribution in [-0.4, -0.2) is 17.1 Å². The van der Waals surface area contributed by atoms with Crippen molar-refractivity contribution in [2.24, 2.45) is 0 Å². The van der Waals surface area contributed by atoms with Crippen LogP contribution in [0.4, 0.5) is 0 Å². The molecule has 0 aliphatic rings. The third-order valence-electron chi connectivity index (χ3n) is 3.26. The van der Waals surface area contributed by atoms with Gasteiger partial charge in [-0.1, -0.05) is 6.07 Å². The summed E-state index contributed by atoms with van der Waals surface area (Å²) in [6, 6.07) is 5.83. The smallest absolute Gasteiger partial charge is 0.259 e. The van der Waals surface area contributed by atoms with Gasteiger partial charge < -0.3 is 9.72 Å². The van der Waals surface area contributed by atoms with Crippen LogP contribution < -0.4 is 10.3 Å². The Hall–Kier alpha value is -1.66. The van der Waals surface area contributed by atoms with E-state index in [1.54, 1.807) is 7.11 Å². The molecule has 0 spiro atoms. The first-order chi connectivity index (χ1) is 10.1. The minimum Gasteiger partial charge on any atom is -0.496 e. The molecular weight excluding hydrogens is 352 g/mol. The third-order valence-corrected chi connectivity index (χ3v) is 4.87. The lowest BCUT2D eigenvalue weighted by atomic mass is 10.1. The number of hydrogen-bond acceptors (Lipinski definition) is 4. The predicted octanol–water partition coefficient (Wildman–Crippen LogP) is 3.65. The van der Waals surface area contributed by atoms with Crippen LogP contribution in [0.5, 0.6) is 5.75 Å². The summed E-state index contributed by atoms with van der Waals surface area (Å²) < 4.78 is 6.10. The predicted molar refractivity (Wildman–Crippen MR) is 88.5 cm³/mol. The third kappa shape index (κ3) is 2.73. The summed E-state index contributed by atoms with van der Waals surface area (Å²) in [4.78, 5) is 20.3.